The molecule has 2 N–H and O–H groups in total. The van der Waals surface area contributed by atoms with E-state index in [4.69, 9.17) is 32.7 Å². The van der Waals surface area contributed by atoms with Gasteiger partial charge in [-0.3, -0.25) is 14.5 Å². The Morgan fingerprint density at radius 3 is 2.19 bits per heavy atom. The van der Waals surface area contributed by atoms with Gasteiger partial charge in [0.25, 0.3) is 11.7 Å². The van der Waals surface area contributed by atoms with Crippen LogP contribution in [0, 0.1) is 0 Å². The number of hydrogen-bond donors (Lipinski definition) is 2. The van der Waals surface area contributed by atoms with Crippen molar-refractivity contribution in [1.82, 2.24) is 0 Å². The lowest BCUT2D eigenvalue weighted by atomic mass is 9.95. The first-order valence-electron chi connectivity index (χ1n) is 11.2. The van der Waals surface area contributed by atoms with E-state index in [1.807, 2.05) is 13.8 Å². The lowest BCUT2D eigenvalue weighted by molar-refractivity contribution is -0.132. The number of aromatic hydroxyl groups is 1. The van der Waals surface area contributed by atoms with Crippen molar-refractivity contribution >= 4 is 46.3 Å². The zero-order chi connectivity index (χ0) is 26.0. The molecule has 36 heavy (non-hydrogen) atoms. The van der Waals surface area contributed by atoms with E-state index in [1.165, 1.54) is 35.2 Å². The Kier molecular flexibility index (Phi) is 7.43. The highest BCUT2D eigenvalue weighted by Gasteiger charge is 2.47. The minimum atomic E-state index is -0.993. The molecule has 3 aromatic rings. The van der Waals surface area contributed by atoms with Crippen LogP contribution < -0.4 is 14.4 Å². The zero-order valence-electron chi connectivity index (χ0n) is 19.5. The highest BCUT2D eigenvalue weighted by molar-refractivity contribution is 6.51. The van der Waals surface area contributed by atoms with Crippen molar-refractivity contribution in [1.29, 1.82) is 0 Å². The molecule has 0 saturated carbocycles. The Labute approximate surface area is 218 Å². The number of hydrogen-bond acceptors (Lipinski definition) is 6. The van der Waals surface area contributed by atoms with E-state index in [-0.39, 0.29) is 26.9 Å². The third kappa shape index (κ3) is 4.72. The molecule has 0 aliphatic carbocycles. The van der Waals surface area contributed by atoms with Gasteiger partial charge in [-0.1, -0.05) is 35.3 Å². The predicted octanol–water partition coefficient (Wildman–Crippen LogP) is 6.12. The summed E-state index contributed by atoms with van der Waals surface area (Å²) in [5, 5.41) is 21.5. The summed E-state index contributed by atoms with van der Waals surface area (Å²) in [5.41, 5.74) is 0.972. The summed E-state index contributed by atoms with van der Waals surface area (Å²) in [5.74, 6) is -1.18. The number of aliphatic hydroxyl groups excluding tert-OH is 1. The number of ether oxygens (including phenoxy) is 2. The number of rotatable bonds is 7. The van der Waals surface area contributed by atoms with Gasteiger partial charge in [-0.25, -0.2) is 0 Å². The van der Waals surface area contributed by atoms with Crippen LogP contribution in [0.15, 0.2) is 66.2 Å². The maximum Gasteiger partial charge on any atom is 0.300 e. The van der Waals surface area contributed by atoms with Gasteiger partial charge in [0, 0.05) is 17.3 Å². The molecule has 0 aromatic heterocycles. The molecule has 1 aliphatic rings. The largest absolute Gasteiger partial charge is 0.508 e. The topological polar surface area (TPSA) is 96.3 Å². The number of nitrogens with zero attached hydrogens (tertiary/aromatic N) is 1. The number of carbonyl (C=O) groups excluding carboxylic acids is 2. The summed E-state index contributed by atoms with van der Waals surface area (Å²) >= 11 is 12.1. The number of aliphatic hydroxyl groups is 1. The molecule has 0 radical (unpaired) electrons. The number of benzene rings is 3. The molecule has 1 atom stereocenters. The van der Waals surface area contributed by atoms with Gasteiger partial charge in [0.1, 0.15) is 11.5 Å². The average Bonchev–Trinajstić information content (AvgIpc) is 3.12. The molecule has 3 aromatic carbocycles. The lowest BCUT2D eigenvalue weighted by Crippen LogP contribution is -2.29. The molecule has 4 rings (SSSR count). The first-order chi connectivity index (χ1) is 17.3. The van der Waals surface area contributed by atoms with Gasteiger partial charge in [0.15, 0.2) is 11.5 Å². The minimum Gasteiger partial charge on any atom is -0.508 e. The van der Waals surface area contributed by atoms with Crippen molar-refractivity contribution in [2.24, 2.45) is 0 Å². The molecular formula is C27H23Cl2NO6. The fraction of sp³-hybridized carbons (Fsp3) is 0.185. The first kappa shape index (κ1) is 25.4. The van der Waals surface area contributed by atoms with Gasteiger partial charge in [-0.2, -0.15) is 0 Å². The fourth-order valence-electron chi connectivity index (χ4n) is 4.06. The Morgan fingerprint density at radius 1 is 0.889 bits per heavy atom. The first-order valence-corrected chi connectivity index (χ1v) is 12.0. The van der Waals surface area contributed by atoms with Gasteiger partial charge >= 0.3 is 0 Å². The van der Waals surface area contributed by atoms with E-state index in [0.717, 1.165) is 0 Å². The molecule has 9 heteroatoms. The number of ketones is 1. The normalized spacial score (nSPS) is 16.9. The standard InChI is InChI=1S/C27H23Cl2NO6/c1-3-35-21-12-8-17(14-22(21)36-4-2)30-24(15-5-9-18(31)10-6-15)23(26(33)27(30)34)25(32)16-7-11-19(28)20(29)13-16/h5-14,24,31-32H,3-4H2,1-2H3/b25-23+. The van der Waals surface area contributed by atoms with Crippen molar-refractivity contribution in [2.45, 2.75) is 19.9 Å². The highest BCUT2D eigenvalue weighted by atomic mass is 35.5. The van der Waals surface area contributed by atoms with Crippen molar-refractivity contribution in [2.75, 3.05) is 18.1 Å². The van der Waals surface area contributed by atoms with Crippen LogP contribution >= 0.6 is 23.2 Å². The third-order valence-electron chi connectivity index (χ3n) is 5.65. The Morgan fingerprint density at radius 2 is 1.56 bits per heavy atom. The number of amides is 1. The average molecular weight is 528 g/mol. The van der Waals surface area contributed by atoms with E-state index in [9.17, 15) is 19.8 Å². The van der Waals surface area contributed by atoms with Gasteiger partial charge in [-0.15, -0.1) is 0 Å². The van der Waals surface area contributed by atoms with Crippen LogP contribution in [0.3, 0.4) is 0 Å². The van der Waals surface area contributed by atoms with E-state index in [2.05, 4.69) is 0 Å². The molecule has 1 unspecified atom stereocenters. The van der Waals surface area contributed by atoms with Gasteiger partial charge in [0.05, 0.1) is 34.9 Å². The Bertz CT molecular complexity index is 1350. The highest BCUT2D eigenvalue weighted by Crippen LogP contribution is 2.44. The number of halogens is 2. The van der Waals surface area contributed by atoms with Gasteiger partial charge in [-0.05, 0) is 61.9 Å². The molecule has 1 aliphatic heterocycles. The Hall–Kier alpha value is -3.68. The quantitative estimate of drug-likeness (QED) is 0.218. The van der Waals surface area contributed by atoms with Crippen LogP contribution in [0.25, 0.3) is 5.76 Å². The van der Waals surface area contributed by atoms with E-state index in [0.29, 0.717) is 36.0 Å². The number of carbonyl (C=O) groups is 2. The van der Waals surface area contributed by atoms with Crippen molar-refractivity contribution < 1.29 is 29.3 Å². The fourth-order valence-corrected chi connectivity index (χ4v) is 4.36. The monoisotopic (exact) mass is 527 g/mol. The number of Topliss-reactive ketones (excluding diaryl/α,β-unsaturated/α-hetero) is 1. The molecule has 1 heterocycles. The van der Waals surface area contributed by atoms with Crippen LogP contribution in [0.2, 0.25) is 10.0 Å². The molecule has 0 spiro atoms. The second kappa shape index (κ2) is 10.5. The van der Waals surface area contributed by atoms with Crippen molar-refractivity contribution in [3.8, 4) is 17.2 Å². The van der Waals surface area contributed by atoms with Gasteiger partial charge in [0.2, 0.25) is 0 Å². The SMILES string of the molecule is CCOc1ccc(N2C(=O)C(=O)/C(=C(/O)c3ccc(Cl)c(Cl)c3)C2c2ccc(O)cc2)cc1OCC. The second-order valence-corrected chi connectivity index (χ2v) is 8.70. The van der Waals surface area contributed by atoms with Crippen LogP contribution in [-0.4, -0.2) is 35.1 Å². The maximum atomic E-state index is 13.4. The predicted molar refractivity (Wildman–Crippen MR) is 138 cm³/mol. The van der Waals surface area contributed by atoms with Crippen LogP contribution in [0.1, 0.15) is 31.0 Å². The molecule has 1 amide bonds. The molecule has 1 fully saturated rings. The number of phenols is 1. The van der Waals surface area contributed by atoms with E-state index < -0.39 is 23.5 Å². The van der Waals surface area contributed by atoms with Crippen LogP contribution in [0.4, 0.5) is 5.69 Å². The van der Waals surface area contributed by atoms with Crippen LogP contribution in [-0.2, 0) is 9.59 Å². The van der Waals surface area contributed by atoms with Crippen molar-refractivity contribution in [3.63, 3.8) is 0 Å². The zero-order valence-corrected chi connectivity index (χ0v) is 21.0. The number of anilines is 1. The summed E-state index contributed by atoms with van der Waals surface area (Å²) in [6, 6.07) is 14.4. The molecule has 186 valence electrons. The Balaban J connectivity index is 1.92. The van der Waals surface area contributed by atoms with Gasteiger partial charge < -0.3 is 19.7 Å². The minimum absolute atomic E-state index is 0.0138. The molecule has 7 nitrogen and oxygen atoms in total. The maximum absolute atomic E-state index is 13.4. The molecular weight excluding hydrogens is 505 g/mol. The summed E-state index contributed by atoms with van der Waals surface area (Å²) in [4.78, 5) is 28.0. The number of phenolic OH excluding ortho intramolecular Hbond substituents is 1. The summed E-state index contributed by atoms with van der Waals surface area (Å²) in [6.45, 7) is 4.44. The summed E-state index contributed by atoms with van der Waals surface area (Å²) in [6.07, 6.45) is 0. The van der Waals surface area contributed by atoms with Crippen LogP contribution in [0.5, 0.6) is 17.2 Å². The smallest absolute Gasteiger partial charge is 0.300 e. The summed E-state index contributed by atoms with van der Waals surface area (Å²) < 4.78 is 11.3. The molecule has 0 bridgehead atoms. The third-order valence-corrected chi connectivity index (χ3v) is 6.39. The summed E-state index contributed by atoms with van der Waals surface area (Å²) in [7, 11) is 0. The lowest BCUT2D eigenvalue weighted by Gasteiger charge is -2.26. The van der Waals surface area contributed by atoms with E-state index >= 15 is 0 Å². The van der Waals surface area contributed by atoms with Crippen molar-refractivity contribution in [3.05, 3.63) is 87.4 Å². The second-order valence-electron chi connectivity index (χ2n) is 7.89. The molecule has 1 saturated heterocycles. The van der Waals surface area contributed by atoms with E-state index in [1.54, 1.807) is 30.3 Å².